The lowest BCUT2D eigenvalue weighted by atomic mass is 10.1. The minimum Gasteiger partial charge on any atom is -0.353 e. The van der Waals surface area contributed by atoms with Crippen molar-refractivity contribution in [1.29, 1.82) is 0 Å². The highest BCUT2D eigenvalue weighted by atomic mass is 32.2. The van der Waals surface area contributed by atoms with Gasteiger partial charge in [-0.1, -0.05) is 12.1 Å². The molecule has 102 valence electrons. The van der Waals surface area contributed by atoms with Crippen LogP contribution in [-0.4, -0.2) is 46.8 Å². The first-order valence-corrected chi connectivity index (χ1v) is 7.74. The predicted molar refractivity (Wildman–Crippen MR) is 73.1 cm³/mol. The van der Waals surface area contributed by atoms with Crippen LogP contribution in [0.1, 0.15) is 15.9 Å². The molecule has 1 aliphatic heterocycles. The summed E-state index contributed by atoms with van der Waals surface area (Å²) in [5.41, 5.74) is 1.41. The zero-order valence-electron chi connectivity index (χ0n) is 10.7. The molecule has 1 atom stereocenters. The summed E-state index contributed by atoms with van der Waals surface area (Å²) in [5.74, 6) is 0.144. The number of hydrogen-bond acceptors (Lipinski definition) is 3. The third kappa shape index (κ3) is 3.64. The topological polar surface area (TPSA) is 66.5 Å². The summed E-state index contributed by atoms with van der Waals surface area (Å²) < 4.78 is 11.2. The molecule has 1 aliphatic rings. The summed E-state index contributed by atoms with van der Waals surface area (Å²) in [6, 6.07) is 7.09. The Hall–Kier alpha value is -1.69. The summed E-state index contributed by atoms with van der Waals surface area (Å²) >= 11 is 0. The molecule has 2 rings (SSSR count). The van der Waals surface area contributed by atoms with E-state index in [4.69, 9.17) is 0 Å². The minimum absolute atomic E-state index is 0.1000. The molecule has 1 saturated heterocycles. The molecule has 1 fully saturated rings. The highest BCUT2D eigenvalue weighted by molar-refractivity contribution is 7.83. The van der Waals surface area contributed by atoms with Crippen LogP contribution in [0.5, 0.6) is 0 Å². The molecule has 0 aliphatic carbocycles. The van der Waals surface area contributed by atoms with Crippen molar-refractivity contribution in [3.05, 3.63) is 35.4 Å². The Morgan fingerprint density at radius 3 is 2.95 bits per heavy atom. The zero-order valence-corrected chi connectivity index (χ0v) is 11.5. The van der Waals surface area contributed by atoms with E-state index < -0.39 is 10.8 Å². The van der Waals surface area contributed by atoms with E-state index in [1.165, 1.54) is 4.90 Å². The Labute approximate surface area is 114 Å². The molecule has 0 aromatic heterocycles. The molecule has 0 radical (unpaired) electrons. The van der Waals surface area contributed by atoms with Crippen molar-refractivity contribution in [3.8, 4) is 0 Å². The minimum atomic E-state index is -0.937. The number of piperazine rings is 1. The second-order valence-electron chi connectivity index (χ2n) is 4.49. The van der Waals surface area contributed by atoms with Gasteiger partial charge in [0.1, 0.15) is 0 Å². The third-order valence-corrected chi connectivity index (χ3v) is 3.61. The van der Waals surface area contributed by atoms with Crippen molar-refractivity contribution in [3.63, 3.8) is 0 Å². The van der Waals surface area contributed by atoms with Crippen molar-refractivity contribution < 1.29 is 13.8 Å². The first-order valence-electron chi connectivity index (χ1n) is 6.01. The van der Waals surface area contributed by atoms with Crippen LogP contribution < -0.4 is 5.32 Å². The predicted octanol–water partition coefficient (Wildman–Crippen LogP) is 0.137. The fourth-order valence-electron chi connectivity index (χ4n) is 2.02. The number of carbonyl (C=O) groups is 2. The first kappa shape index (κ1) is 13.7. The zero-order chi connectivity index (χ0) is 13.8. The summed E-state index contributed by atoms with van der Waals surface area (Å²) in [6.45, 7) is 1.11. The Bertz CT molecular complexity index is 530. The molecular formula is C13H16N2O3S. The Morgan fingerprint density at radius 1 is 1.47 bits per heavy atom. The summed E-state index contributed by atoms with van der Waals surface area (Å²) in [6.07, 6.45) is 1.63. The van der Waals surface area contributed by atoms with Crippen molar-refractivity contribution in [2.75, 3.05) is 25.9 Å². The summed E-state index contributed by atoms with van der Waals surface area (Å²) in [7, 11) is -0.937. The van der Waals surface area contributed by atoms with Gasteiger partial charge in [0.2, 0.25) is 5.91 Å². The number of benzene rings is 1. The third-order valence-electron chi connectivity index (χ3n) is 2.87. The van der Waals surface area contributed by atoms with Gasteiger partial charge in [0.05, 0.1) is 6.54 Å². The van der Waals surface area contributed by atoms with Gasteiger partial charge in [0.15, 0.2) is 0 Å². The van der Waals surface area contributed by atoms with Gasteiger partial charge in [-0.2, -0.15) is 0 Å². The normalized spacial score (nSPS) is 16.9. The van der Waals surface area contributed by atoms with Crippen molar-refractivity contribution in [2.45, 2.75) is 5.75 Å². The SMILES string of the molecule is CS(=O)Cc1cccc(C(=O)N2CCNC(=O)C2)c1. The van der Waals surface area contributed by atoms with Crippen LogP contribution in [0.2, 0.25) is 0 Å². The van der Waals surface area contributed by atoms with Gasteiger partial charge in [-0.25, -0.2) is 0 Å². The molecule has 19 heavy (non-hydrogen) atoms. The molecule has 0 spiro atoms. The van der Waals surface area contributed by atoms with Gasteiger partial charge < -0.3 is 10.2 Å². The lowest BCUT2D eigenvalue weighted by Crippen LogP contribution is -2.49. The van der Waals surface area contributed by atoms with E-state index in [1.54, 1.807) is 24.5 Å². The van der Waals surface area contributed by atoms with Crippen LogP contribution in [0.4, 0.5) is 0 Å². The van der Waals surface area contributed by atoms with Gasteiger partial charge in [0.25, 0.3) is 5.91 Å². The molecular weight excluding hydrogens is 264 g/mol. The molecule has 0 saturated carbocycles. The fraction of sp³-hybridized carbons (Fsp3) is 0.385. The van der Waals surface area contributed by atoms with Gasteiger partial charge >= 0.3 is 0 Å². The standard InChI is InChI=1S/C13H16N2O3S/c1-19(18)9-10-3-2-4-11(7-10)13(17)15-6-5-14-12(16)8-15/h2-4,7H,5-6,8-9H2,1H3,(H,14,16). The summed E-state index contributed by atoms with van der Waals surface area (Å²) in [5, 5.41) is 2.68. The van der Waals surface area contributed by atoms with E-state index in [-0.39, 0.29) is 18.4 Å². The largest absolute Gasteiger partial charge is 0.353 e. The smallest absolute Gasteiger partial charge is 0.254 e. The maximum Gasteiger partial charge on any atom is 0.254 e. The number of rotatable bonds is 3. The van der Waals surface area contributed by atoms with Gasteiger partial charge in [0, 0.05) is 41.5 Å². The molecule has 1 aromatic rings. The van der Waals surface area contributed by atoms with Crippen molar-refractivity contribution >= 4 is 22.6 Å². The Kier molecular flexibility index (Phi) is 4.31. The van der Waals surface area contributed by atoms with Crippen LogP contribution in [-0.2, 0) is 21.3 Å². The van der Waals surface area contributed by atoms with Crippen LogP contribution >= 0.6 is 0 Å². The highest BCUT2D eigenvalue weighted by Gasteiger charge is 2.22. The average molecular weight is 280 g/mol. The monoisotopic (exact) mass is 280 g/mol. The highest BCUT2D eigenvalue weighted by Crippen LogP contribution is 2.11. The van der Waals surface area contributed by atoms with Crippen molar-refractivity contribution in [2.24, 2.45) is 0 Å². The van der Waals surface area contributed by atoms with E-state index in [9.17, 15) is 13.8 Å². The lowest BCUT2D eigenvalue weighted by molar-refractivity contribution is -0.123. The molecule has 6 heteroatoms. The Morgan fingerprint density at radius 2 is 2.26 bits per heavy atom. The Balaban J connectivity index is 2.14. The quantitative estimate of drug-likeness (QED) is 0.856. The lowest BCUT2D eigenvalue weighted by Gasteiger charge is -2.26. The fourth-order valence-corrected chi connectivity index (χ4v) is 2.67. The van der Waals surface area contributed by atoms with E-state index >= 15 is 0 Å². The molecule has 2 amide bonds. The maximum absolute atomic E-state index is 12.3. The average Bonchev–Trinajstić information content (AvgIpc) is 2.37. The molecule has 1 unspecified atom stereocenters. The van der Waals surface area contributed by atoms with Crippen LogP contribution in [0.3, 0.4) is 0 Å². The first-order chi connectivity index (χ1) is 9.06. The molecule has 1 N–H and O–H groups in total. The van der Waals surface area contributed by atoms with E-state index in [0.29, 0.717) is 24.4 Å². The molecule has 1 heterocycles. The van der Waals surface area contributed by atoms with Gasteiger partial charge in [-0.3, -0.25) is 13.8 Å². The van der Waals surface area contributed by atoms with Crippen LogP contribution in [0, 0.1) is 0 Å². The van der Waals surface area contributed by atoms with Gasteiger partial charge in [-0.15, -0.1) is 0 Å². The van der Waals surface area contributed by atoms with Crippen LogP contribution in [0.15, 0.2) is 24.3 Å². The number of carbonyl (C=O) groups excluding carboxylic acids is 2. The van der Waals surface area contributed by atoms with E-state index in [2.05, 4.69) is 5.32 Å². The molecule has 5 nitrogen and oxygen atoms in total. The number of nitrogens with zero attached hydrogens (tertiary/aromatic N) is 1. The van der Waals surface area contributed by atoms with Crippen LogP contribution in [0.25, 0.3) is 0 Å². The van der Waals surface area contributed by atoms with E-state index in [1.807, 2.05) is 6.07 Å². The number of nitrogens with one attached hydrogen (secondary N) is 1. The number of hydrogen-bond donors (Lipinski definition) is 1. The molecule has 1 aromatic carbocycles. The molecule has 0 bridgehead atoms. The second kappa shape index (κ2) is 5.97. The van der Waals surface area contributed by atoms with E-state index in [0.717, 1.165) is 5.56 Å². The summed E-state index contributed by atoms with van der Waals surface area (Å²) in [4.78, 5) is 25.1. The second-order valence-corrected chi connectivity index (χ2v) is 5.93. The maximum atomic E-state index is 12.3. The van der Waals surface area contributed by atoms with Crippen molar-refractivity contribution in [1.82, 2.24) is 10.2 Å². The van der Waals surface area contributed by atoms with Gasteiger partial charge in [-0.05, 0) is 17.7 Å². The number of amides is 2.